The van der Waals surface area contributed by atoms with E-state index in [1.165, 1.54) is 5.01 Å². The number of nitrogens with one attached hydrogen (secondary N) is 1. The topological polar surface area (TPSA) is 82.1 Å². The van der Waals surface area contributed by atoms with Crippen molar-refractivity contribution in [2.45, 2.75) is 25.7 Å². The first-order chi connectivity index (χ1) is 15.5. The predicted octanol–water partition coefficient (Wildman–Crippen LogP) is 2.93. The largest absolute Gasteiger partial charge is 0.352 e. The lowest BCUT2D eigenvalue weighted by Gasteiger charge is -2.33. The number of benzene rings is 2. The predicted molar refractivity (Wildman–Crippen MR) is 123 cm³/mol. The Balaban J connectivity index is 1.31. The zero-order valence-electron chi connectivity index (χ0n) is 18.3. The van der Waals surface area contributed by atoms with Gasteiger partial charge in [-0.05, 0) is 42.0 Å². The van der Waals surface area contributed by atoms with E-state index in [9.17, 15) is 14.4 Å². The van der Waals surface area contributed by atoms with Crippen LogP contribution in [0.1, 0.15) is 36.0 Å². The fourth-order valence-electron chi connectivity index (χ4n) is 4.21. The molecule has 0 aliphatic carbocycles. The highest BCUT2D eigenvalue weighted by atomic mass is 16.2. The van der Waals surface area contributed by atoms with Gasteiger partial charge in [-0.25, -0.2) is 5.01 Å². The van der Waals surface area contributed by atoms with Crippen LogP contribution in [0, 0.1) is 5.92 Å². The molecule has 1 atom stereocenters. The van der Waals surface area contributed by atoms with Crippen molar-refractivity contribution in [3.8, 4) is 11.1 Å². The van der Waals surface area contributed by atoms with Crippen LogP contribution in [0.4, 0.5) is 0 Å². The van der Waals surface area contributed by atoms with Crippen molar-refractivity contribution in [3.63, 3.8) is 0 Å². The van der Waals surface area contributed by atoms with Gasteiger partial charge in [-0.1, -0.05) is 42.5 Å². The molecule has 0 unspecified atom stereocenters. The molecule has 1 fully saturated rings. The van der Waals surface area contributed by atoms with Crippen molar-refractivity contribution < 1.29 is 14.4 Å². The zero-order chi connectivity index (χ0) is 22.5. The lowest BCUT2D eigenvalue weighted by atomic mass is 9.97. The Morgan fingerprint density at radius 3 is 2.47 bits per heavy atom. The summed E-state index contributed by atoms with van der Waals surface area (Å²) in [4.78, 5) is 38.8. The number of likely N-dealkylation sites (tertiary alicyclic amines) is 1. The second-order valence-electron chi connectivity index (χ2n) is 8.38. The molecule has 3 amide bonds. The molecule has 0 bridgehead atoms. The first kappa shape index (κ1) is 21.7. The number of hydrogen-bond acceptors (Lipinski definition) is 4. The average molecular weight is 433 g/mol. The molecular formula is C25H28N4O3. The zero-order valence-corrected chi connectivity index (χ0v) is 18.3. The number of carbonyl (C=O) groups is 3. The smallest absolute Gasteiger partial charge is 0.270 e. The maximum absolute atomic E-state index is 12.8. The van der Waals surface area contributed by atoms with Crippen LogP contribution in [0.2, 0.25) is 0 Å². The van der Waals surface area contributed by atoms with E-state index in [2.05, 4.69) is 10.4 Å². The van der Waals surface area contributed by atoms with Gasteiger partial charge < -0.3 is 10.2 Å². The standard InChI is InChI=1S/C25H28N4O3/c1-28-23(30)14-13-22(27-28)25(32)29-15-5-6-18(17-29)16-26-24(31)21-11-9-20(10-12-21)19-7-3-2-4-8-19/h2-4,7-12,18H,5-6,13-17H2,1H3,(H,26,31)/t18-/m1/s1. The number of amides is 3. The fraction of sp³-hybridized carbons (Fsp3) is 0.360. The van der Waals surface area contributed by atoms with E-state index in [0.717, 1.165) is 24.0 Å². The van der Waals surface area contributed by atoms with Gasteiger partial charge in [0.05, 0.1) is 0 Å². The SMILES string of the molecule is CN1N=C(C(=O)N2CCC[C@H](CNC(=O)c3ccc(-c4ccccc4)cc3)C2)CCC1=O. The summed E-state index contributed by atoms with van der Waals surface area (Å²) in [5.41, 5.74) is 3.25. The van der Waals surface area contributed by atoms with E-state index >= 15 is 0 Å². The molecule has 0 aromatic heterocycles. The molecule has 2 heterocycles. The molecule has 7 nitrogen and oxygen atoms in total. The van der Waals surface area contributed by atoms with Crippen LogP contribution in [0.5, 0.6) is 0 Å². The van der Waals surface area contributed by atoms with E-state index in [4.69, 9.17) is 0 Å². The highest BCUT2D eigenvalue weighted by Gasteiger charge is 2.29. The number of nitrogens with zero attached hydrogens (tertiary/aromatic N) is 3. The Morgan fingerprint density at radius 2 is 1.75 bits per heavy atom. The molecule has 2 aliphatic rings. The Hall–Kier alpha value is -3.48. The summed E-state index contributed by atoms with van der Waals surface area (Å²) in [5.74, 6) is -0.0805. The van der Waals surface area contributed by atoms with Gasteiger partial charge in [0.15, 0.2) is 0 Å². The molecule has 0 radical (unpaired) electrons. The van der Waals surface area contributed by atoms with Gasteiger partial charge >= 0.3 is 0 Å². The van der Waals surface area contributed by atoms with Crippen LogP contribution in [0.3, 0.4) is 0 Å². The molecule has 0 saturated carbocycles. The maximum Gasteiger partial charge on any atom is 0.270 e. The minimum Gasteiger partial charge on any atom is -0.352 e. The van der Waals surface area contributed by atoms with Crippen molar-refractivity contribution in [1.29, 1.82) is 0 Å². The Morgan fingerprint density at radius 1 is 1.03 bits per heavy atom. The van der Waals surface area contributed by atoms with Crippen LogP contribution < -0.4 is 5.32 Å². The molecule has 32 heavy (non-hydrogen) atoms. The van der Waals surface area contributed by atoms with Gasteiger partial charge in [-0.3, -0.25) is 14.4 Å². The lowest BCUT2D eigenvalue weighted by molar-refractivity contribution is -0.131. The van der Waals surface area contributed by atoms with Gasteiger partial charge in [0.2, 0.25) is 5.91 Å². The molecular weight excluding hydrogens is 404 g/mol. The summed E-state index contributed by atoms with van der Waals surface area (Å²) in [7, 11) is 1.58. The Bertz CT molecular complexity index is 1020. The second-order valence-corrected chi connectivity index (χ2v) is 8.38. The number of hydrazone groups is 1. The quantitative estimate of drug-likeness (QED) is 0.789. The maximum atomic E-state index is 12.8. The molecule has 2 aromatic carbocycles. The number of piperidine rings is 1. The number of rotatable bonds is 5. The van der Waals surface area contributed by atoms with Crippen molar-refractivity contribution in [1.82, 2.24) is 15.2 Å². The lowest BCUT2D eigenvalue weighted by Crippen LogP contribution is -2.47. The average Bonchev–Trinajstić information content (AvgIpc) is 2.84. The number of carbonyl (C=O) groups excluding carboxylic acids is 3. The highest BCUT2D eigenvalue weighted by molar-refractivity contribution is 6.39. The normalized spacial score (nSPS) is 18.8. The van der Waals surface area contributed by atoms with Crippen molar-refractivity contribution in [3.05, 3.63) is 60.2 Å². The number of hydrogen-bond donors (Lipinski definition) is 1. The fourth-order valence-corrected chi connectivity index (χ4v) is 4.21. The van der Waals surface area contributed by atoms with Gasteiger partial charge in [0.1, 0.15) is 5.71 Å². The van der Waals surface area contributed by atoms with Gasteiger partial charge in [-0.2, -0.15) is 5.10 Å². The summed E-state index contributed by atoms with van der Waals surface area (Å²) in [6, 6.07) is 17.6. The minimum atomic E-state index is -0.107. The third kappa shape index (κ3) is 5.04. The summed E-state index contributed by atoms with van der Waals surface area (Å²) < 4.78 is 0. The summed E-state index contributed by atoms with van der Waals surface area (Å²) in [6.07, 6.45) is 2.55. The molecule has 166 valence electrons. The molecule has 0 spiro atoms. The summed E-state index contributed by atoms with van der Waals surface area (Å²) in [5, 5.41) is 8.42. The van der Waals surface area contributed by atoms with Crippen LogP contribution in [-0.4, -0.2) is 60.0 Å². The highest BCUT2D eigenvalue weighted by Crippen LogP contribution is 2.20. The minimum absolute atomic E-state index is 0.0717. The third-order valence-corrected chi connectivity index (χ3v) is 6.07. The van der Waals surface area contributed by atoms with Gasteiger partial charge in [-0.15, -0.1) is 0 Å². The molecule has 2 aromatic rings. The molecule has 2 aliphatic heterocycles. The van der Waals surface area contributed by atoms with Crippen LogP contribution >= 0.6 is 0 Å². The van der Waals surface area contributed by atoms with Crippen molar-refractivity contribution in [2.75, 3.05) is 26.7 Å². The van der Waals surface area contributed by atoms with Crippen molar-refractivity contribution in [2.24, 2.45) is 11.0 Å². The molecule has 1 N–H and O–H groups in total. The first-order valence-electron chi connectivity index (χ1n) is 11.1. The van der Waals surface area contributed by atoms with E-state index in [-0.39, 0.29) is 23.6 Å². The van der Waals surface area contributed by atoms with Gasteiger partial charge in [0.25, 0.3) is 11.8 Å². The van der Waals surface area contributed by atoms with Crippen LogP contribution in [-0.2, 0) is 9.59 Å². The third-order valence-electron chi connectivity index (χ3n) is 6.07. The molecule has 1 saturated heterocycles. The van der Waals surface area contributed by atoms with Gasteiger partial charge in [0, 0.05) is 45.1 Å². The van der Waals surface area contributed by atoms with Crippen LogP contribution in [0.15, 0.2) is 59.7 Å². The van der Waals surface area contributed by atoms with E-state index in [1.807, 2.05) is 54.6 Å². The van der Waals surface area contributed by atoms with Crippen molar-refractivity contribution >= 4 is 23.4 Å². The van der Waals surface area contributed by atoms with E-state index in [1.54, 1.807) is 11.9 Å². The summed E-state index contributed by atoms with van der Waals surface area (Å²) in [6.45, 7) is 1.79. The Kier molecular flexibility index (Phi) is 6.63. The van der Waals surface area contributed by atoms with E-state index < -0.39 is 0 Å². The van der Waals surface area contributed by atoms with Crippen LogP contribution in [0.25, 0.3) is 11.1 Å². The molecule has 4 rings (SSSR count). The monoisotopic (exact) mass is 432 g/mol. The van der Waals surface area contributed by atoms with E-state index in [0.29, 0.717) is 43.8 Å². The second kappa shape index (κ2) is 9.77. The summed E-state index contributed by atoms with van der Waals surface area (Å²) >= 11 is 0. The molecule has 7 heteroatoms. The first-order valence-corrected chi connectivity index (χ1v) is 11.1. The Labute approximate surface area is 188 Å².